The number of rotatable bonds is 4. The number of esters is 1. The summed E-state index contributed by atoms with van der Waals surface area (Å²) < 4.78 is 9.63. The third kappa shape index (κ3) is 4.51. The van der Waals surface area contributed by atoms with Gasteiger partial charge >= 0.3 is 5.97 Å². The van der Waals surface area contributed by atoms with Crippen LogP contribution in [0.1, 0.15) is 18.5 Å². The van der Waals surface area contributed by atoms with Crippen molar-refractivity contribution in [1.82, 2.24) is 0 Å². The van der Waals surface area contributed by atoms with Gasteiger partial charge in [-0.2, -0.15) is 0 Å². The minimum absolute atomic E-state index is 0. The molecule has 0 aromatic heterocycles. The second kappa shape index (κ2) is 7.09. The molecule has 90 valence electrons. The number of methoxy groups -OCH3 is 1. The van der Waals surface area contributed by atoms with Crippen molar-refractivity contribution >= 4 is 18.4 Å². The zero-order chi connectivity index (χ0) is 11.3. The van der Waals surface area contributed by atoms with Crippen LogP contribution in [0.5, 0.6) is 5.75 Å². The molecule has 0 aliphatic rings. The molecule has 0 fully saturated rings. The van der Waals surface area contributed by atoms with Gasteiger partial charge in [0.05, 0.1) is 7.11 Å². The molecule has 0 saturated heterocycles. The second-order valence-electron chi connectivity index (χ2n) is 3.22. The van der Waals surface area contributed by atoms with Crippen LogP contribution in [0.3, 0.4) is 0 Å². The zero-order valence-corrected chi connectivity index (χ0v) is 10.1. The van der Waals surface area contributed by atoms with E-state index in [2.05, 4.69) is 4.74 Å². The molecule has 2 N–H and O–H groups in total. The molecule has 0 amide bonds. The Morgan fingerprint density at radius 2 is 1.94 bits per heavy atom. The van der Waals surface area contributed by atoms with Gasteiger partial charge in [-0.15, -0.1) is 12.4 Å². The van der Waals surface area contributed by atoms with Crippen molar-refractivity contribution in [2.75, 3.05) is 13.7 Å². The number of carbonyl (C=O) groups is 1. The van der Waals surface area contributed by atoms with Gasteiger partial charge in [0.15, 0.2) is 6.61 Å². The van der Waals surface area contributed by atoms with Crippen LogP contribution < -0.4 is 10.5 Å². The summed E-state index contributed by atoms with van der Waals surface area (Å²) in [7, 11) is 1.32. The molecule has 1 unspecified atom stereocenters. The van der Waals surface area contributed by atoms with Crippen LogP contribution in [-0.2, 0) is 9.53 Å². The summed E-state index contributed by atoms with van der Waals surface area (Å²) >= 11 is 0. The van der Waals surface area contributed by atoms with Crippen LogP contribution in [0.4, 0.5) is 0 Å². The maximum Gasteiger partial charge on any atom is 0.343 e. The lowest BCUT2D eigenvalue weighted by Gasteiger charge is -2.07. The van der Waals surface area contributed by atoms with E-state index < -0.39 is 5.97 Å². The highest BCUT2D eigenvalue weighted by Crippen LogP contribution is 2.15. The standard InChI is InChI=1S/C11H15NO3.ClH/c1-8(12)9-3-5-10(6-4-9)15-7-11(13)14-2;/h3-6,8H,7,12H2,1-2H3;1H. The summed E-state index contributed by atoms with van der Waals surface area (Å²) in [5.41, 5.74) is 6.72. The molecule has 4 nitrogen and oxygen atoms in total. The smallest absolute Gasteiger partial charge is 0.343 e. The fraction of sp³-hybridized carbons (Fsp3) is 0.364. The highest BCUT2D eigenvalue weighted by Gasteiger charge is 2.02. The molecule has 0 aliphatic carbocycles. The fourth-order valence-corrected chi connectivity index (χ4v) is 1.07. The number of hydrogen-bond acceptors (Lipinski definition) is 4. The van der Waals surface area contributed by atoms with E-state index in [1.165, 1.54) is 7.11 Å². The van der Waals surface area contributed by atoms with Crippen LogP contribution in [0.2, 0.25) is 0 Å². The fourth-order valence-electron chi connectivity index (χ4n) is 1.07. The predicted molar refractivity (Wildman–Crippen MR) is 63.8 cm³/mol. The quantitative estimate of drug-likeness (QED) is 0.820. The molecule has 0 aliphatic heterocycles. The van der Waals surface area contributed by atoms with Gasteiger partial charge < -0.3 is 15.2 Å². The van der Waals surface area contributed by atoms with Crippen molar-refractivity contribution in [3.63, 3.8) is 0 Å². The number of benzene rings is 1. The van der Waals surface area contributed by atoms with E-state index in [1.807, 2.05) is 19.1 Å². The predicted octanol–water partition coefficient (Wildman–Crippen LogP) is 1.68. The molecule has 0 spiro atoms. The Morgan fingerprint density at radius 3 is 2.38 bits per heavy atom. The van der Waals surface area contributed by atoms with E-state index in [9.17, 15) is 4.79 Å². The highest BCUT2D eigenvalue weighted by molar-refractivity contribution is 5.85. The van der Waals surface area contributed by atoms with Gasteiger partial charge in [0.2, 0.25) is 0 Å². The van der Waals surface area contributed by atoms with E-state index >= 15 is 0 Å². The zero-order valence-electron chi connectivity index (χ0n) is 9.30. The first kappa shape index (κ1) is 14.7. The first-order chi connectivity index (χ1) is 7.13. The maximum atomic E-state index is 10.8. The van der Waals surface area contributed by atoms with Crippen molar-refractivity contribution in [3.8, 4) is 5.75 Å². The molecule has 1 rings (SSSR count). The van der Waals surface area contributed by atoms with Crippen molar-refractivity contribution in [2.45, 2.75) is 13.0 Å². The SMILES string of the molecule is COC(=O)COc1ccc(C(C)N)cc1.Cl. The van der Waals surface area contributed by atoms with Crippen molar-refractivity contribution in [3.05, 3.63) is 29.8 Å². The summed E-state index contributed by atoms with van der Waals surface area (Å²) in [5, 5.41) is 0. The normalized spacial score (nSPS) is 11.2. The molecule has 1 aromatic rings. The Morgan fingerprint density at radius 1 is 1.38 bits per heavy atom. The minimum Gasteiger partial charge on any atom is -0.482 e. The summed E-state index contributed by atoms with van der Waals surface area (Å²) in [5.74, 6) is 0.232. The Hall–Kier alpha value is -1.26. The largest absolute Gasteiger partial charge is 0.482 e. The molecule has 0 heterocycles. The van der Waals surface area contributed by atoms with E-state index in [-0.39, 0.29) is 25.1 Å². The van der Waals surface area contributed by atoms with Gasteiger partial charge in [-0.05, 0) is 24.6 Å². The Kier molecular flexibility index (Phi) is 6.53. The van der Waals surface area contributed by atoms with Gasteiger partial charge in [-0.3, -0.25) is 0 Å². The van der Waals surface area contributed by atoms with Crippen LogP contribution in [-0.4, -0.2) is 19.7 Å². The molecular weight excluding hydrogens is 230 g/mol. The summed E-state index contributed by atoms with van der Waals surface area (Å²) in [4.78, 5) is 10.8. The van der Waals surface area contributed by atoms with Crippen molar-refractivity contribution in [2.24, 2.45) is 5.73 Å². The number of halogens is 1. The topological polar surface area (TPSA) is 61.5 Å². The lowest BCUT2D eigenvalue weighted by molar-refractivity contribution is -0.142. The Labute approximate surface area is 101 Å². The molecule has 0 bridgehead atoms. The van der Waals surface area contributed by atoms with Crippen LogP contribution in [0.25, 0.3) is 0 Å². The Balaban J connectivity index is 0.00000225. The average Bonchev–Trinajstić information content (AvgIpc) is 2.26. The van der Waals surface area contributed by atoms with Gasteiger partial charge in [0.25, 0.3) is 0 Å². The second-order valence-corrected chi connectivity index (χ2v) is 3.22. The molecule has 0 radical (unpaired) electrons. The molecule has 16 heavy (non-hydrogen) atoms. The monoisotopic (exact) mass is 245 g/mol. The molecule has 1 atom stereocenters. The van der Waals surface area contributed by atoms with Gasteiger partial charge in [-0.1, -0.05) is 12.1 Å². The van der Waals surface area contributed by atoms with Crippen molar-refractivity contribution in [1.29, 1.82) is 0 Å². The van der Waals surface area contributed by atoms with E-state index in [4.69, 9.17) is 10.5 Å². The van der Waals surface area contributed by atoms with E-state index in [1.54, 1.807) is 12.1 Å². The van der Waals surface area contributed by atoms with Gasteiger partial charge in [0.1, 0.15) is 5.75 Å². The number of carbonyl (C=O) groups excluding carboxylic acids is 1. The lowest BCUT2D eigenvalue weighted by Crippen LogP contribution is -2.12. The van der Waals surface area contributed by atoms with E-state index in [0.29, 0.717) is 5.75 Å². The molecule has 5 heteroatoms. The van der Waals surface area contributed by atoms with Crippen LogP contribution in [0.15, 0.2) is 24.3 Å². The molecule has 1 aromatic carbocycles. The summed E-state index contributed by atoms with van der Waals surface area (Å²) in [6.45, 7) is 1.83. The average molecular weight is 246 g/mol. The maximum absolute atomic E-state index is 10.8. The van der Waals surface area contributed by atoms with Crippen LogP contribution >= 0.6 is 12.4 Å². The number of hydrogen-bond donors (Lipinski definition) is 1. The highest BCUT2D eigenvalue weighted by atomic mass is 35.5. The van der Waals surface area contributed by atoms with Gasteiger partial charge in [0, 0.05) is 6.04 Å². The van der Waals surface area contributed by atoms with Crippen molar-refractivity contribution < 1.29 is 14.3 Å². The number of nitrogens with two attached hydrogens (primary N) is 1. The third-order valence-electron chi connectivity index (χ3n) is 1.99. The first-order valence-corrected chi connectivity index (χ1v) is 4.68. The summed E-state index contributed by atoms with van der Waals surface area (Å²) in [6, 6.07) is 7.30. The number of ether oxygens (including phenoxy) is 2. The molecule has 0 saturated carbocycles. The molecular formula is C11H16ClNO3. The van der Waals surface area contributed by atoms with Gasteiger partial charge in [-0.25, -0.2) is 4.79 Å². The summed E-state index contributed by atoms with van der Waals surface area (Å²) in [6.07, 6.45) is 0. The first-order valence-electron chi connectivity index (χ1n) is 4.68. The third-order valence-corrected chi connectivity index (χ3v) is 1.99. The minimum atomic E-state index is -0.397. The van der Waals surface area contributed by atoms with E-state index in [0.717, 1.165) is 5.56 Å². The Bertz CT molecular complexity index is 325. The van der Waals surface area contributed by atoms with Crippen LogP contribution in [0, 0.1) is 0 Å². The lowest BCUT2D eigenvalue weighted by atomic mass is 10.1.